The van der Waals surface area contributed by atoms with Gasteiger partial charge in [0.1, 0.15) is 0 Å². The van der Waals surface area contributed by atoms with E-state index in [0.717, 1.165) is 6.04 Å². The van der Waals surface area contributed by atoms with Crippen molar-refractivity contribution in [1.29, 1.82) is 0 Å². The monoisotopic (exact) mass is 283 g/mol. The lowest BCUT2D eigenvalue weighted by molar-refractivity contribution is 0.251. The van der Waals surface area contributed by atoms with E-state index < -0.39 is 0 Å². The molecule has 0 unspecified atom stereocenters. The molecule has 0 rings (SSSR count). The van der Waals surface area contributed by atoms with Gasteiger partial charge in [-0.25, -0.2) is 0 Å². The fourth-order valence-corrected chi connectivity index (χ4v) is 2.98. The summed E-state index contributed by atoms with van der Waals surface area (Å²) >= 11 is 0. The lowest BCUT2D eigenvalue weighted by atomic mass is 9.99. The minimum absolute atomic E-state index is 0.826. The van der Waals surface area contributed by atoms with Gasteiger partial charge in [0.05, 0.1) is 0 Å². The second-order valence-electron chi connectivity index (χ2n) is 6.73. The molecule has 0 saturated carbocycles. The van der Waals surface area contributed by atoms with E-state index in [1.54, 1.807) is 0 Å². The number of hydrogen-bond donors (Lipinski definition) is 0. The van der Waals surface area contributed by atoms with Crippen LogP contribution in [0.1, 0.15) is 104 Å². The van der Waals surface area contributed by atoms with Crippen LogP contribution in [-0.2, 0) is 0 Å². The molecular weight excluding hydrogens is 242 g/mol. The molecule has 20 heavy (non-hydrogen) atoms. The molecule has 0 N–H and O–H groups in total. The summed E-state index contributed by atoms with van der Waals surface area (Å²) in [5.41, 5.74) is 0. The second-order valence-corrected chi connectivity index (χ2v) is 6.73. The summed E-state index contributed by atoms with van der Waals surface area (Å²) < 4.78 is 0. The Bertz CT molecular complexity index is 161. The first-order valence-corrected chi connectivity index (χ1v) is 9.38. The maximum absolute atomic E-state index is 2.46. The van der Waals surface area contributed by atoms with Gasteiger partial charge in [-0.15, -0.1) is 0 Å². The first-order valence-electron chi connectivity index (χ1n) is 9.38. The Kier molecular flexibility index (Phi) is 15.3. The van der Waals surface area contributed by atoms with E-state index in [0.29, 0.717) is 0 Å². The number of rotatable bonds is 15. The smallest absolute Gasteiger partial charge is 0.00891 e. The number of unbranched alkanes of at least 4 members (excludes halogenated alkanes) is 10. The highest BCUT2D eigenvalue weighted by molar-refractivity contribution is 4.66. The van der Waals surface area contributed by atoms with Crippen LogP contribution in [0.4, 0.5) is 0 Å². The van der Waals surface area contributed by atoms with Gasteiger partial charge in [0, 0.05) is 6.04 Å². The van der Waals surface area contributed by atoms with Crippen LogP contribution >= 0.6 is 0 Å². The third-order valence-electron chi connectivity index (χ3n) is 4.51. The topological polar surface area (TPSA) is 3.24 Å². The van der Waals surface area contributed by atoms with Crippen LogP contribution in [0.15, 0.2) is 0 Å². The van der Waals surface area contributed by atoms with Crippen molar-refractivity contribution in [2.45, 2.75) is 110 Å². The molecular formula is C19H41N. The van der Waals surface area contributed by atoms with Crippen LogP contribution in [0.3, 0.4) is 0 Å². The third kappa shape index (κ3) is 13.0. The summed E-state index contributed by atoms with van der Waals surface area (Å²) in [7, 11) is 4.53. The normalized spacial score (nSPS) is 11.7. The summed E-state index contributed by atoms with van der Waals surface area (Å²) in [6, 6.07) is 0.826. The maximum Gasteiger partial charge on any atom is 0.00891 e. The number of nitrogens with zero attached hydrogens (tertiary/aromatic N) is 1. The van der Waals surface area contributed by atoms with Crippen molar-refractivity contribution in [3.05, 3.63) is 0 Å². The molecule has 0 aromatic heterocycles. The SMILES string of the molecule is CCCCCCCCC(CCCCCCCC)N(C)C. The van der Waals surface area contributed by atoms with Crippen LogP contribution in [0.5, 0.6) is 0 Å². The molecule has 0 aliphatic carbocycles. The summed E-state index contributed by atoms with van der Waals surface area (Å²) in [6.45, 7) is 4.59. The first kappa shape index (κ1) is 20.0. The van der Waals surface area contributed by atoms with Gasteiger partial charge >= 0.3 is 0 Å². The van der Waals surface area contributed by atoms with E-state index in [1.807, 2.05) is 0 Å². The predicted molar refractivity (Wildman–Crippen MR) is 93.5 cm³/mol. The molecule has 1 heteroatoms. The molecule has 0 bridgehead atoms. The molecule has 0 spiro atoms. The molecule has 0 atom stereocenters. The zero-order valence-electron chi connectivity index (χ0n) is 14.9. The summed E-state index contributed by atoms with van der Waals surface area (Å²) in [5.74, 6) is 0. The fraction of sp³-hybridized carbons (Fsp3) is 1.00. The number of hydrogen-bond acceptors (Lipinski definition) is 1. The van der Waals surface area contributed by atoms with Crippen molar-refractivity contribution in [2.24, 2.45) is 0 Å². The van der Waals surface area contributed by atoms with E-state index in [9.17, 15) is 0 Å². The molecule has 0 aromatic carbocycles. The molecule has 0 fully saturated rings. The summed E-state index contributed by atoms with van der Waals surface area (Å²) in [5, 5.41) is 0. The Morgan fingerprint density at radius 2 is 0.900 bits per heavy atom. The Hall–Kier alpha value is -0.0400. The van der Waals surface area contributed by atoms with Gasteiger partial charge < -0.3 is 4.90 Å². The largest absolute Gasteiger partial charge is 0.306 e. The minimum Gasteiger partial charge on any atom is -0.306 e. The highest BCUT2D eigenvalue weighted by Crippen LogP contribution is 2.16. The van der Waals surface area contributed by atoms with Crippen LogP contribution in [0.25, 0.3) is 0 Å². The van der Waals surface area contributed by atoms with Gasteiger partial charge in [-0.05, 0) is 26.9 Å². The zero-order valence-corrected chi connectivity index (χ0v) is 14.9. The molecule has 0 aromatic rings. The lowest BCUT2D eigenvalue weighted by Crippen LogP contribution is -2.27. The first-order chi connectivity index (χ1) is 9.72. The molecule has 0 saturated heterocycles. The van der Waals surface area contributed by atoms with Crippen LogP contribution in [0.2, 0.25) is 0 Å². The van der Waals surface area contributed by atoms with Crippen molar-refractivity contribution in [3.63, 3.8) is 0 Å². The Labute approximate surface area is 129 Å². The van der Waals surface area contributed by atoms with Crippen LogP contribution in [-0.4, -0.2) is 25.0 Å². The highest BCUT2D eigenvalue weighted by Gasteiger charge is 2.10. The standard InChI is InChI=1S/C19H41N/c1-5-7-9-11-13-15-17-19(20(3)4)18-16-14-12-10-8-6-2/h19H,5-18H2,1-4H3. The second kappa shape index (κ2) is 15.4. The average Bonchev–Trinajstić information content (AvgIpc) is 2.43. The van der Waals surface area contributed by atoms with Crippen LogP contribution in [0, 0.1) is 0 Å². The van der Waals surface area contributed by atoms with E-state index in [1.165, 1.54) is 89.9 Å². The molecule has 0 aliphatic heterocycles. The van der Waals surface area contributed by atoms with Gasteiger partial charge in [0.2, 0.25) is 0 Å². The Balaban J connectivity index is 3.51. The molecule has 0 aliphatic rings. The zero-order chi connectivity index (χ0) is 15.1. The Morgan fingerprint density at radius 3 is 1.25 bits per heavy atom. The summed E-state index contributed by atoms with van der Waals surface area (Å²) in [6.07, 6.45) is 19.9. The van der Waals surface area contributed by atoms with Crippen LogP contribution < -0.4 is 0 Å². The van der Waals surface area contributed by atoms with E-state index in [2.05, 4.69) is 32.8 Å². The van der Waals surface area contributed by atoms with Gasteiger partial charge in [-0.1, -0.05) is 90.9 Å². The quantitative estimate of drug-likeness (QED) is 0.313. The molecule has 122 valence electrons. The van der Waals surface area contributed by atoms with Crippen molar-refractivity contribution in [1.82, 2.24) is 4.90 Å². The average molecular weight is 284 g/mol. The van der Waals surface area contributed by atoms with Crippen molar-refractivity contribution < 1.29 is 0 Å². The maximum atomic E-state index is 2.46. The molecule has 0 heterocycles. The van der Waals surface area contributed by atoms with Gasteiger partial charge in [-0.3, -0.25) is 0 Å². The highest BCUT2D eigenvalue weighted by atomic mass is 15.1. The molecule has 0 amide bonds. The van der Waals surface area contributed by atoms with Gasteiger partial charge in [-0.2, -0.15) is 0 Å². The third-order valence-corrected chi connectivity index (χ3v) is 4.51. The minimum atomic E-state index is 0.826. The Morgan fingerprint density at radius 1 is 0.550 bits per heavy atom. The molecule has 1 nitrogen and oxygen atoms in total. The van der Waals surface area contributed by atoms with E-state index in [-0.39, 0.29) is 0 Å². The lowest BCUT2D eigenvalue weighted by Gasteiger charge is -2.24. The van der Waals surface area contributed by atoms with Crippen molar-refractivity contribution >= 4 is 0 Å². The van der Waals surface area contributed by atoms with Crippen molar-refractivity contribution in [3.8, 4) is 0 Å². The predicted octanol–water partition coefficient (Wildman–Crippen LogP) is 6.42. The van der Waals surface area contributed by atoms with Gasteiger partial charge in [0.15, 0.2) is 0 Å². The molecule has 0 radical (unpaired) electrons. The summed E-state index contributed by atoms with van der Waals surface area (Å²) in [4.78, 5) is 2.46. The van der Waals surface area contributed by atoms with Gasteiger partial charge in [0.25, 0.3) is 0 Å². The fourth-order valence-electron chi connectivity index (χ4n) is 2.98. The van der Waals surface area contributed by atoms with Crippen molar-refractivity contribution in [2.75, 3.05) is 14.1 Å². The van der Waals surface area contributed by atoms with E-state index >= 15 is 0 Å². The van der Waals surface area contributed by atoms with E-state index in [4.69, 9.17) is 0 Å².